The zero-order valence-electron chi connectivity index (χ0n) is 14.7. The summed E-state index contributed by atoms with van der Waals surface area (Å²) < 4.78 is 0. The van der Waals surface area contributed by atoms with Crippen LogP contribution in [0, 0.1) is 5.41 Å². The van der Waals surface area contributed by atoms with E-state index in [1.165, 1.54) is 28.9 Å². The lowest BCUT2D eigenvalue weighted by Crippen LogP contribution is -2.72. The number of nitrogens with one attached hydrogen (secondary N) is 2. The molecule has 4 heterocycles. The standard InChI is InChI=1S/C19H20N6O2/c26-17(23-27)13-5-21-18(22-6-13)25-11-19(12-25)9-24(10-19)8-14-7-20-16-4-2-1-3-15(14)16/h1-7,20,27H,8-12H2,(H,23,26). The Morgan fingerprint density at radius 2 is 1.93 bits per heavy atom. The zero-order valence-corrected chi connectivity index (χ0v) is 14.7. The first-order chi connectivity index (χ1) is 13.2. The van der Waals surface area contributed by atoms with Crippen molar-refractivity contribution in [3.8, 4) is 0 Å². The highest BCUT2D eigenvalue weighted by atomic mass is 16.5. The number of carbonyl (C=O) groups is 1. The molecule has 27 heavy (non-hydrogen) atoms. The van der Waals surface area contributed by atoms with Gasteiger partial charge in [0.15, 0.2) is 0 Å². The number of nitrogens with zero attached hydrogens (tertiary/aromatic N) is 4. The highest BCUT2D eigenvalue weighted by Crippen LogP contribution is 2.41. The van der Waals surface area contributed by atoms with Crippen LogP contribution in [0.5, 0.6) is 0 Å². The van der Waals surface area contributed by atoms with E-state index in [-0.39, 0.29) is 5.56 Å². The fourth-order valence-corrected chi connectivity index (χ4v) is 4.29. The average molecular weight is 364 g/mol. The number of hydrogen-bond acceptors (Lipinski definition) is 6. The highest BCUT2D eigenvalue weighted by Gasteiger charge is 2.52. The summed E-state index contributed by atoms with van der Waals surface area (Å²) in [4.78, 5) is 27.7. The molecule has 2 aliphatic rings. The minimum Gasteiger partial charge on any atom is -0.361 e. The molecule has 3 N–H and O–H groups in total. The number of fused-ring (bicyclic) bond motifs is 1. The van der Waals surface area contributed by atoms with Crippen LogP contribution in [-0.4, -0.2) is 57.1 Å². The molecule has 1 amide bonds. The van der Waals surface area contributed by atoms with E-state index in [1.807, 2.05) is 0 Å². The molecule has 0 aliphatic carbocycles. The summed E-state index contributed by atoms with van der Waals surface area (Å²) in [5, 5.41) is 9.94. The van der Waals surface area contributed by atoms with Crippen LogP contribution in [0.25, 0.3) is 10.9 Å². The van der Waals surface area contributed by atoms with Gasteiger partial charge in [0.2, 0.25) is 5.95 Å². The van der Waals surface area contributed by atoms with Crippen LogP contribution >= 0.6 is 0 Å². The predicted molar refractivity (Wildman–Crippen MR) is 99.5 cm³/mol. The van der Waals surface area contributed by atoms with Gasteiger partial charge in [-0.05, 0) is 11.6 Å². The van der Waals surface area contributed by atoms with Crippen molar-refractivity contribution in [2.24, 2.45) is 5.41 Å². The second-order valence-electron chi connectivity index (χ2n) is 7.57. The van der Waals surface area contributed by atoms with E-state index < -0.39 is 5.91 Å². The van der Waals surface area contributed by atoms with Gasteiger partial charge in [0.1, 0.15) is 0 Å². The number of benzene rings is 1. The molecular formula is C19H20N6O2. The minimum absolute atomic E-state index is 0.241. The summed E-state index contributed by atoms with van der Waals surface area (Å²) in [5.74, 6) is 0.0266. The molecule has 2 aromatic heterocycles. The van der Waals surface area contributed by atoms with Crippen molar-refractivity contribution in [2.45, 2.75) is 6.54 Å². The molecule has 0 bridgehead atoms. The Balaban J connectivity index is 1.17. The molecular weight excluding hydrogens is 344 g/mol. The molecule has 1 spiro atoms. The van der Waals surface area contributed by atoms with Gasteiger partial charge in [0.25, 0.3) is 5.91 Å². The normalized spacial score (nSPS) is 18.3. The molecule has 0 radical (unpaired) electrons. The second kappa shape index (κ2) is 6.04. The van der Waals surface area contributed by atoms with Crippen molar-refractivity contribution in [1.29, 1.82) is 0 Å². The molecule has 2 saturated heterocycles. The summed E-state index contributed by atoms with van der Waals surface area (Å²) in [6.45, 7) is 4.99. The SMILES string of the molecule is O=C(NO)c1cnc(N2CC3(CN(Cc4c[nH]c5ccccc45)C3)C2)nc1. The van der Waals surface area contributed by atoms with Crippen LogP contribution in [0.2, 0.25) is 0 Å². The van der Waals surface area contributed by atoms with Crippen LogP contribution in [0.3, 0.4) is 0 Å². The van der Waals surface area contributed by atoms with Gasteiger partial charge >= 0.3 is 0 Å². The Morgan fingerprint density at radius 3 is 2.67 bits per heavy atom. The van der Waals surface area contributed by atoms with Crippen molar-refractivity contribution in [3.05, 3.63) is 54.0 Å². The summed E-state index contributed by atoms with van der Waals surface area (Å²) in [7, 11) is 0. The van der Waals surface area contributed by atoms with Gasteiger partial charge in [0.05, 0.1) is 5.56 Å². The summed E-state index contributed by atoms with van der Waals surface area (Å²) >= 11 is 0. The molecule has 0 unspecified atom stereocenters. The first-order valence-corrected chi connectivity index (χ1v) is 8.95. The molecule has 8 nitrogen and oxygen atoms in total. The van der Waals surface area contributed by atoms with Crippen LogP contribution in [-0.2, 0) is 6.54 Å². The number of anilines is 1. The summed E-state index contributed by atoms with van der Waals surface area (Å²) in [5.41, 5.74) is 4.69. The maximum absolute atomic E-state index is 11.3. The molecule has 2 aliphatic heterocycles. The number of likely N-dealkylation sites (tertiary alicyclic amines) is 1. The molecule has 8 heteroatoms. The number of hydrogen-bond donors (Lipinski definition) is 3. The van der Waals surface area contributed by atoms with Gasteiger partial charge in [-0.2, -0.15) is 0 Å². The van der Waals surface area contributed by atoms with Gasteiger partial charge in [0, 0.05) is 67.6 Å². The van der Waals surface area contributed by atoms with Crippen LogP contribution in [0.4, 0.5) is 5.95 Å². The van der Waals surface area contributed by atoms with Gasteiger partial charge in [-0.25, -0.2) is 15.4 Å². The molecule has 2 fully saturated rings. The lowest BCUT2D eigenvalue weighted by atomic mass is 9.73. The largest absolute Gasteiger partial charge is 0.361 e. The number of carbonyl (C=O) groups excluding carboxylic acids is 1. The molecule has 5 rings (SSSR count). The molecule has 138 valence electrons. The van der Waals surface area contributed by atoms with Crippen molar-refractivity contribution in [3.63, 3.8) is 0 Å². The van der Waals surface area contributed by atoms with Gasteiger partial charge < -0.3 is 9.88 Å². The lowest BCUT2D eigenvalue weighted by molar-refractivity contribution is -0.0278. The number of hydroxylamine groups is 1. The van der Waals surface area contributed by atoms with Crippen molar-refractivity contribution in [1.82, 2.24) is 25.3 Å². The highest BCUT2D eigenvalue weighted by molar-refractivity contribution is 5.92. The van der Waals surface area contributed by atoms with Crippen molar-refractivity contribution in [2.75, 3.05) is 31.1 Å². The number of rotatable bonds is 4. The Kier molecular flexibility index (Phi) is 3.63. The van der Waals surface area contributed by atoms with Crippen molar-refractivity contribution >= 4 is 22.8 Å². The maximum Gasteiger partial charge on any atom is 0.277 e. The number of H-pyrrole nitrogens is 1. The van der Waals surface area contributed by atoms with Gasteiger partial charge in [-0.1, -0.05) is 18.2 Å². The summed E-state index contributed by atoms with van der Waals surface area (Å²) in [6.07, 6.45) is 4.98. The van der Waals surface area contributed by atoms with E-state index in [9.17, 15) is 4.79 Å². The average Bonchev–Trinajstić information content (AvgIpc) is 3.05. The molecule has 0 saturated carbocycles. The first kappa shape index (κ1) is 16.2. The van der Waals surface area contributed by atoms with Gasteiger partial charge in [-0.3, -0.25) is 14.9 Å². The van der Waals surface area contributed by atoms with Gasteiger partial charge in [-0.15, -0.1) is 0 Å². The monoisotopic (exact) mass is 364 g/mol. The lowest BCUT2D eigenvalue weighted by Gasteiger charge is -2.60. The maximum atomic E-state index is 11.3. The number of para-hydroxylation sites is 1. The first-order valence-electron chi connectivity index (χ1n) is 8.95. The Hall–Kier alpha value is -2.97. The molecule has 1 aromatic carbocycles. The van der Waals surface area contributed by atoms with E-state index >= 15 is 0 Å². The Morgan fingerprint density at radius 1 is 1.19 bits per heavy atom. The zero-order chi connectivity index (χ0) is 18.4. The Bertz CT molecular complexity index is 985. The van der Waals surface area contributed by atoms with Crippen LogP contribution in [0.15, 0.2) is 42.9 Å². The smallest absolute Gasteiger partial charge is 0.277 e. The van der Waals surface area contributed by atoms with E-state index in [2.05, 4.69) is 55.2 Å². The third kappa shape index (κ3) is 2.73. The van der Waals surface area contributed by atoms with Crippen LogP contribution in [0.1, 0.15) is 15.9 Å². The third-order valence-corrected chi connectivity index (χ3v) is 5.52. The molecule has 0 atom stereocenters. The Labute approximate surface area is 155 Å². The fraction of sp³-hybridized carbons (Fsp3) is 0.316. The molecule has 3 aromatic rings. The second-order valence-corrected chi connectivity index (χ2v) is 7.57. The van der Waals surface area contributed by atoms with Crippen molar-refractivity contribution < 1.29 is 10.0 Å². The quantitative estimate of drug-likeness (QED) is 0.478. The summed E-state index contributed by atoms with van der Waals surface area (Å²) in [6, 6.07) is 8.40. The van der Waals surface area contributed by atoms with Crippen LogP contribution < -0.4 is 10.4 Å². The fourth-order valence-electron chi connectivity index (χ4n) is 4.29. The predicted octanol–water partition coefficient (Wildman–Crippen LogP) is 1.40. The number of aromatic nitrogens is 3. The topological polar surface area (TPSA) is 97.4 Å². The number of aromatic amines is 1. The van der Waals surface area contributed by atoms with E-state index in [0.717, 1.165) is 32.7 Å². The van der Waals surface area contributed by atoms with E-state index in [1.54, 1.807) is 5.48 Å². The minimum atomic E-state index is -0.603. The van der Waals surface area contributed by atoms with E-state index in [0.29, 0.717) is 11.4 Å². The number of amides is 1. The third-order valence-electron chi connectivity index (χ3n) is 5.52. The van der Waals surface area contributed by atoms with E-state index in [4.69, 9.17) is 5.21 Å².